The van der Waals surface area contributed by atoms with Crippen molar-refractivity contribution in [2.24, 2.45) is 5.73 Å². The summed E-state index contributed by atoms with van der Waals surface area (Å²) in [5.74, 6) is 0.967. The number of hydrogen-bond donors (Lipinski definition) is 2. The van der Waals surface area contributed by atoms with Gasteiger partial charge in [-0.1, -0.05) is 23.7 Å². The lowest BCUT2D eigenvalue weighted by Gasteiger charge is -1.99. The summed E-state index contributed by atoms with van der Waals surface area (Å²) in [4.78, 5) is 7.81. The normalized spacial score (nSPS) is 10.8. The predicted molar refractivity (Wildman–Crippen MR) is 70.3 cm³/mol. The number of nitrogens with two attached hydrogens (primary N) is 1. The fourth-order valence-electron chi connectivity index (χ4n) is 1.79. The number of aromatic amines is 1. The van der Waals surface area contributed by atoms with E-state index in [1.165, 1.54) is 5.56 Å². The second-order valence-corrected chi connectivity index (χ2v) is 4.53. The van der Waals surface area contributed by atoms with E-state index >= 15 is 0 Å². The standard InChI is InChI=1S/C13H16ClN3/c1-9-12(17-13(16-9)6-7-15)8-10-2-4-11(14)5-3-10/h2-5H,6-8,15H2,1H3,(H,16,17). The Morgan fingerprint density at radius 2 is 2.00 bits per heavy atom. The number of hydrogen-bond acceptors (Lipinski definition) is 2. The molecule has 0 saturated carbocycles. The molecule has 0 saturated heterocycles. The summed E-state index contributed by atoms with van der Waals surface area (Å²) in [6.07, 6.45) is 1.62. The third-order valence-corrected chi connectivity index (χ3v) is 2.95. The monoisotopic (exact) mass is 249 g/mol. The van der Waals surface area contributed by atoms with Gasteiger partial charge in [0, 0.05) is 23.6 Å². The minimum absolute atomic E-state index is 0.618. The molecule has 3 nitrogen and oxygen atoms in total. The van der Waals surface area contributed by atoms with Gasteiger partial charge in [-0.05, 0) is 31.2 Å². The molecule has 0 amide bonds. The van der Waals surface area contributed by atoms with Gasteiger partial charge in [-0.15, -0.1) is 0 Å². The van der Waals surface area contributed by atoms with E-state index < -0.39 is 0 Å². The van der Waals surface area contributed by atoms with Gasteiger partial charge in [0.25, 0.3) is 0 Å². The van der Waals surface area contributed by atoms with Gasteiger partial charge in [0.1, 0.15) is 5.82 Å². The van der Waals surface area contributed by atoms with Crippen LogP contribution in [0.2, 0.25) is 5.02 Å². The van der Waals surface area contributed by atoms with E-state index in [0.29, 0.717) is 6.54 Å². The number of H-pyrrole nitrogens is 1. The fourth-order valence-corrected chi connectivity index (χ4v) is 1.91. The van der Waals surface area contributed by atoms with Crippen molar-refractivity contribution in [1.82, 2.24) is 9.97 Å². The van der Waals surface area contributed by atoms with E-state index in [4.69, 9.17) is 17.3 Å². The topological polar surface area (TPSA) is 54.7 Å². The molecule has 0 radical (unpaired) electrons. The highest BCUT2D eigenvalue weighted by Crippen LogP contribution is 2.15. The smallest absolute Gasteiger partial charge is 0.107 e. The summed E-state index contributed by atoms with van der Waals surface area (Å²) in [6.45, 7) is 2.66. The molecule has 3 N–H and O–H groups in total. The van der Waals surface area contributed by atoms with Crippen LogP contribution >= 0.6 is 11.6 Å². The van der Waals surface area contributed by atoms with Crippen LogP contribution in [-0.4, -0.2) is 16.5 Å². The quantitative estimate of drug-likeness (QED) is 0.875. The van der Waals surface area contributed by atoms with Crippen LogP contribution in [0, 0.1) is 6.92 Å². The molecule has 0 fully saturated rings. The van der Waals surface area contributed by atoms with E-state index in [1.54, 1.807) is 0 Å². The van der Waals surface area contributed by atoms with Crippen molar-refractivity contribution in [3.8, 4) is 0 Å². The highest BCUT2D eigenvalue weighted by Gasteiger charge is 2.06. The Bertz CT molecular complexity index is 488. The van der Waals surface area contributed by atoms with Gasteiger partial charge >= 0.3 is 0 Å². The van der Waals surface area contributed by atoms with Crippen LogP contribution in [0.1, 0.15) is 22.8 Å². The highest BCUT2D eigenvalue weighted by molar-refractivity contribution is 6.30. The van der Waals surface area contributed by atoms with E-state index in [1.807, 2.05) is 31.2 Å². The molecule has 17 heavy (non-hydrogen) atoms. The SMILES string of the molecule is Cc1[nH]c(CCN)nc1Cc1ccc(Cl)cc1. The molecule has 0 aliphatic carbocycles. The molecular weight excluding hydrogens is 234 g/mol. The maximum atomic E-state index is 5.86. The number of nitrogens with one attached hydrogen (secondary N) is 1. The third kappa shape index (κ3) is 3.08. The lowest BCUT2D eigenvalue weighted by molar-refractivity contribution is 0.886. The molecule has 0 bridgehead atoms. The molecule has 0 aliphatic rings. The second-order valence-electron chi connectivity index (χ2n) is 4.10. The summed E-state index contributed by atoms with van der Waals surface area (Å²) >= 11 is 5.86. The van der Waals surface area contributed by atoms with Gasteiger partial charge < -0.3 is 10.7 Å². The van der Waals surface area contributed by atoms with E-state index in [9.17, 15) is 0 Å². The minimum atomic E-state index is 0.618. The van der Waals surface area contributed by atoms with Gasteiger partial charge in [0.05, 0.1) is 5.69 Å². The molecule has 2 rings (SSSR count). The summed E-state index contributed by atoms with van der Waals surface area (Å²) in [5.41, 5.74) is 8.92. The molecule has 0 spiro atoms. The fraction of sp³-hybridized carbons (Fsp3) is 0.308. The lowest BCUT2D eigenvalue weighted by Crippen LogP contribution is -2.04. The Balaban J connectivity index is 2.15. The number of halogens is 1. The van der Waals surface area contributed by atoms with Gasteiger partial charge in [-0.25, -0.2) is 4.98 Å². The van der Waals surface area contributed by atoms with E-state index in [2.05, 4.69) is 9.97 Å². The zero-order chi connectivity index (χ0) is 12.3. The van der Waals surface area contributed by atoms with E-state index in [-0.39, 0.29) is 0 Å². The van der Waals surface area contributed by atoms with E-state index in [0.717, 1.165) is 35.1 Å². The molecule has 0 aliphatic heterocycles. The number of imidazole rings is 1. The number of rotatable bonds is 4. The Hall–Kier alpha value is -1.32. The van der Waals surface area contributed by atoms with Crippen LogP contribution in [0.5, 0.6) is 0 Å². The molecule has 2 aromatic rings. The highest BCUT2D eigenvalue weighted by atomic mass is 35.5. The first-order valence-electron chi connectivity index (χ1n) is 5.68. The van der Waals surface area contributed by atoms with Crippen molar-refractivity contribution in [3.05, 3.63) is 52.1 Å². The molecule has 0 unspecified atom stereocenters. The Labute approximate surface area is 106 Å². The van der Waals surface area contributed by atoms with Crippen LogP contribution in [0.15, 0.2) is 24.3 Å². The number of aryl methyl sites for hydroxylation is 1. The van der Waals surface area contributed by atoms with Crippen LogP contribution < -0.4 is 5.73 Å². The first-order chi connectivity index (χ1) is 8.19. The zero-order valence-corrected chi connectivity index (χ0v) is 10.6. The van der Waals surface area contributed by atoms with Crippen molar-refractivity contribution < 1.29 is 0 Å². The molecule has 4 heteroatoms. The van der Waals surface area contributed by atoms with Crippen molar-refractivity contribution in [2.75, 3.05) is 6.54 Å². The summed E-state index contributed by atoms with van der Waals surface area (Å²) in [7, 11) is 0. The number of nitrogens with zero attached hydrogens (tertiary/aromatic N) is 1. The third-order valence-electron chi connectivity index (χ3n) is 2.70. The van der Waals surface area contributed by atoms with Crippen molar-refractivity contribution in [2.45, 2.75) is 19.8 Å². The summed E-state index contributed by atoms with van der Waals surface area (Å²) < 4.78 is 0. The van der Waals surface area contributed by atoms with Gasteiger partial charge in [0.15, 0.2) is 0 Å². The number of benzene rings is 1. The van der Waals surface area contributed by atoms with Crippen LogP contribution in [0.3, 0.4) is 0 Å². The lowest BCUT2D eigenvalue weighted by atomic mass is 10.1. The average Bonchev–Trinajstić information content (AvgIpc) is 2.63. The van der Waals surface area contributed by atoms with Gasteiger partial charge in [-0.3, -0.25) is 0 Å². The second kappa shape index (κ2) is 5.34. The maximum Gasteiger partial charge on any atom is 0.107 e. The summed E-state index contributed by atoms with van der Waals surface area (Å²) in [5, 5.41) is 0.760. The number of aromatic nitrogens is 2. The largest absolute Gasteiger partial charge is 0.346 e. The minimum Gasteiger partial charge on any atom is -0.346 e. The average molecular weight is 250 g/mol. The maximum absolute atomic E-state index is 5.86. The molecule has 0 atom stereocenters. The molecule has 90 valence electrons. The molecule has 1 heterocycles. The molecular formula is C13H16ClN3. The van der Waals surface area contributed by atoms with Crippen LogP contribution in [-0.2, 0) is 12.8 Å². The Morgan fingerprint density at radius 1 is 1.29 bits per heavy atom. The summed E-state index contributed by atoms with van der Waals surface area (Å²) in [6, 6.07) is 7.86. The van der Waals surface area contributed by atoms with Crippen molar-refractivity contribution in [1.29, 1.82) is 0 Å². The van der Waals surface area contributed by atoms with Crippen molar-refractivity contribution >= 4 is 11.6 Å². The molecule has 1 aromatic carbocycles. The first-order valence-corrected chi connectivity index (χ1v) is 6.05. The van der Waals surface area contributed by atoms with Crippen LogP contribution in [0.25, 0.3) is 0 Å². The Kier molecular flexibility index (Phi) is 3.82. The predicted octanol–water partition coefficient (Wildman–Crippen LogP) is 2.46. The zero-order valence-electron chi connectivity index (χ0n) is 9.83. The van der Waals surface area contributed by atoms with Gasteiger partial charge in [0.2, 0.25) is 0 Å². The van der Waals surface area contributed by atoms with Gasteiger partial charge in [-0.2, -0.15) is 0 Å². The van der Waals surface area contributed by atoms with Crippen molar-refractivity contribution in [3.63, 3.8) is 0 Å². The Morgan fingerprint density at radius 3 is 2.65 bits per heavy atom. The van der Waals surface area contributed by atoms with Crippen LogP contribution in [0.4, 0.5) is 0 Å². The first kappa shape index (κ1) is 12.1. The molecule has 1 aromatic heterocycles.